The van der Waals surface area contributed by atoms with E-state index in [0.717, 1.165) is 13.0 Å². The number of likely N-dealkylation sites (N-methyl/N-ethyl adjacent to an activating group) is 1. The summed E-state index contributed by atoms with van der Waals surface area (Å²) < 4.78 is 12.8. The van der Waals surface area contributed by atoms with Gasteiger partial charge in [-0.1, -0.05) is 6.92 Å². The molecule has 0 aromatic heterocycles. The van der Waals surface area contributed by atoms with Gasteiger partial charge in [-0.05, 0) is 37.2 Å². The number of hydrogen-bond acceptors (Lipinski definition) is 3. The minimum absolute atomic E-state index is 0.0389. The van der Waals surface area contributed by atoms with E-state index in [2.05, 4.69) is 5.32 Å². The molecule has 1 amide bonds. The summed E-state index contributed by atoms with van der Waals surface area (Å²) >= 11 is 0. The van der Waals surface area contributed by atoms with Crippen LogP contribution in [-0.4, -0.2) is 43.3 Å². The van der Waals surface area contributed by atoms with E-state index in [1.807, 2.05) is 11.8 Å². The Morgan fingerprint density at radius 2 is 1.85 bits per heavy atom. The highest BCUT2D eigenvalue weighted by molar-refractivity contribution is 5.96. The second-order valence-corrected chi connectivity index (χ2v) is 4.63. The molecule has 0 fully saturated rings. The van der Waals surface area contributed by atoms with Gasteiger partial charge in [-0.3, -0.25) is 14.5 Å². The normalized spacial score (nSPS) is 10.6. The lowest BCUT2D eigenvalue weighted by Gasteiger charge is -2.20. The average molecular weight is 280 g/mol. The van der Waals surface area contributed by atoms with E-state index in [1.165, 1.54) is 24.3 Å². The number of carbonyl (C=O) groups is 2. The van der Waals surface area contributed by atoms with E-state index in [4.69, 9.17) is 0 Å². The Morgan fingerprint density at radius 1 is 1.20 bits per heavy atom. The summed E-state index contributed by atoms with van der Waals surface area (Å²) in [5.41, 5.74) is 0.503. The lowest BCUT2D eigenvalue weighted by Crippen LogP contribution is -2.37. The van der Waals surface area contributed by atoms with Crippen LogP contribution in [-0.2, 0) is 4.79 Å². The van der Waals surface area contributed by atoms with Crippen LogP contribution in [0.4, 0.5) is 4.39 Å². The van der Waals surface area contributed by atoms with E-state index < -0.39 is 0 Å². The van der Waals surface area contributed by atoms with Crippen LogP contribution < -0.4 is 5.32 Å². The molecule has 20 heavy (non-hydrogen) atoms. The van der Waals surface area contributed by atoms with Gasteiger partial charge < -0.3 is 5.32 Å². The molecule has 0 radical (unpaired) electrons. The van der Waals surface area contributed by atoms with Crippen molar-refractivity contribution in [2.24, 2.45) is 0 Å². The first-order valence-corrected chi connectivity index (χ1v) is 6.78. The predicted octanol–water partition coefficient (Wildman–Crippen LogP) is 1.86. The summed E-state index contributed by atoms with van der Waals surface area (Å²) in [4.78, 5) is 25.3. The third-order valence-corrected chi connectivity index (χ3v) is 3.01. The lowest BCUT2D eigenvalue weighted by atomic mass is 10.1. The third-order valence-electron chi connectivity index (χ3n) is 3.01. The van der Waals surface area contributed by atoms with Crippen molar-refractivity contribution in [3.63, 3.8) is 0 Å². The number of benzene rings is 1. The Morgan fingerprint density at radius 3 is 2.40 bits per heavy atom. The number of rotatable bonds is 8. The van der Waals surface area contributed by atoms with Gasteiger partial charge >= 0.3 is 0 Å². The first-order chi connectivity index (χ1) is 9.56. The highest BCUT2D eigenvalue weighted by Crippen LogP contribution is 2.07. The van der Waals surface area contributed by atoms with Crippen LogP contribution in [0.25, 0.3) is 0 Å². The summed E-state index contributed by atoms with van der Waals surface area (Å²) in [5, 5.41) is 2.57. The number of nitrogens with zero attached hydrogens (tertiary/aromatic N) is 1. The molecule has 0 heterocycles. The van der Waals surface area contributed by atoms with Gasteiger partial charge in [0.1, 0.15) is 5.82 Å². The molecule has 0 bridgehead atoms. The number of hydrogen-bond donors (Lipinski definition) is 1. The number of Topliss-reactive ketones (excluding diaryl/α,β-unsaturated/α-hetero) is 1. The van der Waals surface area contributed by atoms with Gasteiger partial charge in [0.05, 0.1) is 6.54 Å². The van der Waals surface area contributed by atoms with Gasteiger partial charge in [0.25, 0.3) is 0 Å². The Kier molecular flexibility index (Phi) is 6.87. The van der Waals surface area contributed by atoms with E-state index >= 15 is 0 Å². The maximum absolute atomic E-state index is 12.8. The molecule has 0 spiro atoms. The zero-order valence-electron chi connectivity index (χ0n) is 12.0. The first kappa shape index (κ1) is 16.3. The van der Waals surface area contributed by atoms with Gasteiger partial charge in [0.15, 0.2) is 5.78 Å². The quantitative estimate of drug-likeness (QED) is 0.739. The Bertz CT molecular complexity index is 446. The minimum Gasteiger partial charge on any atom is -0.358 e. The van der Waals surface area contributed by atoms with Crippen LogP contribution in [0.1, 0.15) is 30.1 Å². The number of amides is 1. The maximum Gasteiger partial charge on any atom is 0.233 e. The molecular weight excluding hydrogens is 259 g/mol. The van der Waals surface area contributed by atoms with Gasteiger partial charge in [-0.15, -0.1) is 0 Å². The van der Waals surface area contributed by atoms with Crippen molar-refractivity contribution in [2.75, 3.05) is 26.7 Å². The standard InChI is InChI=1S/C15H21FN2O2/c1-3-9-18(11-15(20)17-2)10-8-14(19)12-4-6-13(16)7-5-12/h4-7H,3,8-11H2,1-2H3,(H,17,20). The van der Waals surface area contributed by atoms with Gasteiger partial charge in [0, 0.05) is 25.6 Å². The molecule has 110 valence electrons. The Balaban J connectivity index is 2.51. The van der Waals surface area contributed by atoms with Crippen molar-refractivity contribution in [1.82, 2.24) is 10.2 Å². The molecular formula is C15H21FN2O2. The largest absolute Gasteiger partial charge is 0.358 e. The topological polar surface area (TPSA) is 49.4 Å². The minimum atomic E-state index is -0.353. The van der Waals surface area contributed by atoms with Gasteiger partial charge in [0.2, 0.25) is 5.91 Å². The van der Waals surface area contributed by atoms with Crippen molar-refractivity contribution in [1.29, 1.82) is 0 Å². The molecule has 0 atom stereocenters. The van der Waals surface area contributed by atoms with E-state index in [0.29, 0.717) is 25.1 Å². The van der Waals surface area contributed by atoms with Crippen molar-refractivity contribution in [3.8, 4) is 0 Å². The zero-order chi connectivity index (χ0) is 15.0. The van der Waals surface area contributed by atoms with E-state index in [9.17, 15) is 14.0 Å². The molecule has 1 aromatic carbocycles. The molecule has 0 aliphatic rings. The molecule has 1 N–H and O–H groups in total. The summed E-state index contributed by atoms with van der Waals surface area (Å²) in [6.07, 6.45) is 1.24. The smallest absolute Gasteiger partial charge is 0.233 e. The van der Waals surface area contributed by atoms with Crippen molar-refractivity contribution in [2.45, 2.75) is 19.8 Å². The number of ketones is 1. The highest BCUT2D eigenvalue weighted by atomic mass is 19.1. The maximum atomic E-state index is 12.8. The molecule has 1 aromatic rings. The molecule has 5 heteroatoms. The SMILES string of the molecule is CCCN(CCC(=O)c1ccc(F)cc1)CC(=O)NC. The van der Waals surface area contributed by atoms with Crippen LogP contribution in [0.15, 0.2) is 24.3 Å². The molecule has 0 saturated heterocycles. The molecule has 4 nitrogen and oxygen atoms in total. The van der Waals surface area contributed by atoms with Gasteiger partial charge in [-0.2, -0.15) is 0 Å². The lowest BCUT2D eigenvalue weighted by molar-refractivity contribution is -0.121. The molecule has 1 rings (SSSR count). The Labute approximate surface area is 119 Å². The van der Waals surface area contributed by atoms with E-state index in [1.54, 1.807) is 7.05 Å². The van der Waals surface area contributed by atoms with Crippen LogP contribution in [0.5, 0.6) is 0 Å². The summed E-state index contributed by atoms with van der Waals surface area (Å²) in [7, 11) is 1.59. The molecule has 0 saturated carbocycles. The fraction of sp³-hybridized carbons (Fsp3) is 0.467. The zero-order valence-corrected chi connectivity index (χ0v) is 12.0. The third kappa shape index (κ3) is 5.48. The fourth-order valence-electron chi connectivity index (χ4n) is 1.91. The predicted molar refractivity (Wildman–Crippen MR) is 76.1 cm³/mol. The van der Waals surface area contributed by atoms with Crippen molar-refractivity contribution >= 4 is 11.7 Å². The monoisotopic (exact) mass is 280 g/mol. The van der Waals surface area contributed by atoms with Crippen molar-refractivity contribution in [3.05, 3.63) is 35.6 Å². The average Bonchev–Trinajstić information content (AvgIpc) is 2.45. The second-order valence-electron chi connectivity index (χ2n) is 4.63. The van der Waals surface area contributed by atoms with Crippen LogP contribution in [0.2, 0.25) is 0 Å². The number of nitrogens with one attached hydrogen (secondary N) is 1. The van der Waals surface area contributed by atoms with Crippen LogP contribution in [0.3, 0.4) is 0 Å². The highest BCUT2D eigenvalue weighted by Gasteiger charge is 2.12. The summed E-state index contributed by atoms with van der Waals surface area (Å²) in [6, 6.07) is 5.53. The molecule has 0 aliphatic carbocycles. The van der Waals surface area contributed by atoms with Crippen molar-refractivity contribution < 1.29 is 14.0 Å². The molecule has 0 unspecified atom stereocenters. The first-order valence-electron chi connectivity index (χ1n) is 6.78. The summed E-state index contributed by atoms with van der Waals surface area (Å²) in [6.45, 7) is 3.61. The summed E-state index contributed by atoms with van der Waals surface area (Å²) in [5.74, 6) is -0.454. The van der Waals surface area contributed by atoms with Crippen LogP contribution >= 0.6 is 0 Å². The Hall–Kier alpha value is -1.75. The number of carbonyl (C=O) groups excluding carboxylic acids is 2. The van der Waals surface area contributed by atoms with E-state index in [-0.39, 0.29) is 17.5 Å². The second kappa shape index (κ2) is 8.43. The fourth-order valence-corrected chi connectivity index (χ4v) is 1.91. The molecule has 0 aliphatic heterocycles. The number of halogens is 1. The van der Waals surface area contributed by atoms with Gasteiger partial charge in [-0.25, -0.2) is 4.39 Å². The van der Waals surface area contributed by atoms with Crippen LogP contribution in [0, 0.1) is 5.82 Å².